The number of anilines is 1. The number of amides is 1. The molecule has 0 bridgehead atoms. The molecule has 250 valence electrons. The zero-order valence-corrected chi connectivity index (χ0v) is 27.1. The highest BCUT2D eigenvalue weighted by Gasteiger charge is 2.19. The molecule has 2 saturated heterocycles. The fourth-order valence-corrected chi connectivity index (χ4v) is 6.96. The van der Waals surface area contributed by atoms with E-state index in [9.17, 15) is 9.18 Å². The van der Waals surface area contributed by atoms with E-state index in [4.69, 9.17) is 9.72 Å². The number of pyridine rings is 3. The Morgan fingerprint density at radius 1 is 1.02 bits per heavy atom. The average molecular weight is 660 g/mol. The van der Waals surface area contributed by atoms with Crippen molar-refractivity contribution in [2.24, 2.45) is 5.92 Å². The maximum absolute atomic E-state index is 14.8. The number of likely N-dealkylation sites (tertiary alicyclic amines) is 1. The SMILES string of the molecule is O=C(CC1CCNCC1)Nc1cncc(-c2ccc3[nH]nc(-c4cc5c(-c6cc(F)cc(OCCN7CCCC7)c6)ccnc5[nH]4)c3n2)c1. The van der Waals surface area contributed by atoms with Crippen molar-refractivity contribution in [2.75, 3.05) is 44.6 Å². The van der Waals surface area contributed by atoms with Crippen LogP contribution in [0.5, 0.6) is 5.75 Å². The summed E-state index contributed by atoms with van der Waals surface area (Å²) in [5.74, 6) is 0.540. The van der Waals surface area contributed by atoms with E-state index >= 15 is 0 Å². The van der Waals surface area contributed by atoms with E-state index < -0.39 is 0 Å². The number of piperidine rings is 1. The van der Waals surface area contributed by atoms with Crippen LogP contribution >= 0.6 is 0 Å². The number of carbonyl (C=O) groups excluding carboxylic acids is 1. The summed E-state index contributed by atoms with van der Waals surface area (Å²) in [4.78, 5) is 32.4. The van der Waals surface area contributed by atoms with E-state index in [1.165, 1.54) is 25.0 Å². The van der Waals surface area contributed by atoms with E-state index in [1.54, 1.807) is 18.6 Å². The fraction of sp³-hybridized carbons (Fsp3) is 0.324. The number of aromatic nitrogens is 6. The molecular weight excluding hydrogens is 621 g/mol. The van der Waals surface area contributed by atoms with Crippen molar-refractivity contribution in [1.29, 1.82) is 0 Å². The molecule has 7 heterocycles. The zero-order valence-electron chi connectivity index (χ0n) is 27.1. The lowest BCUT2D eigenvalue weighted by Gasteiger charge is -2.21. The lowest BCUT2D eigenvalue weighted by Crippen LogP contribution is -2.30. The summed E-state index contributed by atoms with van der Waals surface area (Å²) in [7, 11) is 0. The van der Waals surface area contributed by atoms with Crippen LogP contribution in [-0.2, 0) is 4.79 Å². The van der Waals surface area contributed by atoms with Crippen LogP contribution in [-0.4, -0.2) is 80.3 Å². The van der Waals surface area contributed by atoms with Crippen LogP contribution in [0.4, 0.5) is 10.1 Å². The van der Waals surface area contributed by atoms with Crippen LogP contribution in [0.25, 0.3) is 55.8 Å². The van der Waals surface area contributed by atoms with Crippen LogP contribution in [0.15, 0.2) is 67.1 Å². The monoisotopic (exact) mass is 659 g/mol. The molecule has 2 fully saturated rings. The molecule has 0 atom stereocenters. The number of aromatic amines is 2. The Bertz CT molecular complexity index is 2110. The number of benzene rings is 1. The maximum atomic E-state index is 14.8. The summed E-state index contributed by atoms with van der Waals surface area (Å²) >= 11 is 0. The Morgan fingerprint density at radius 2 is 1.90 bits per heavy atom. The Labute approximate surface area is 282 Å². The maximum Gasteiger partial charge on any atom is 0.224 e. The van der Waals surface area contributed by atoms with E-state index in [0.29, 0.717) is 58.5 Å². The minimum atomic E-state index is -0.357. The molecule has 0 unspecified atom stereocenters. The number of nitrogens with zero attached hydrogens (tertiary/aromatic N) is 5. The normalized spacial score (nSPS) is 15.7. The van der Waals surface area contributed by atoms with E-state index in [0.717, 1.165) is 73.3 Å². The standard InChI is InChI=1S/C37H38FN9O2/c38-26-16-24(18-28(19-26)49-14-13-47-11-1-2-12-47)29-7-10-41-37-30(29)20-33(44-37)36-35-32(45-46-36)4-3-31(43-35)25-17-27(22-40-21-25)42-34(48)15-23-5-8-39-9-6-23/h3-4,7,10,16-23,39H,1-2,5-6,8-9,11-15H2,(H,41,44)(H,42,48)(H,45,46). The van der Waals surface area contributed by atoms with E-state index in [-0.39, 0.29) is 11.7 Å². The molecular formula is C37H38FN9O2. The van der Waals surface area contributed by atoms with Gasteiger partial charge in [-0.2, -0.15) is 5.10 Å². The van der Waals surface area contributed by atoms with Gasteiger partial charge in [-0.15, -0.1) is 0 Å². The molecule has 0 radical (unpaired) electrons. The first-order valence-corrected chi connectivity index (χ1v) is 17.0. The molecule has 0 spiro atoms. The van der Waals surface area contributed by atoms with Crippen LogP contribution in [0.2, 0.25) is 0 Å². The minimum absolute atomic E-state index is 0.00215. The number of halogens is 1. The van der Waals surface area contributed by atoms with Crippen molar-refractivity contribution in [2.45, 2.75) is 32.1 Å². The summed E-state index contributed by atoms with van der Waals surface area (Å²) in [6, 6.07) is 14.4. The van der Waals surface area contributed by atoms with Crippen LogP contribution < -0.4 is 15.4 Å². The van der Waals surface area contributed by atoms with Crippen LogP contribution in [0.3, 0.4) is 0 Å². The molecule has 11 nitrogen and oxygen atoms in total. The van der Waals surface area contributed by atoms with Gasteiger partial charge >= 0.3 is 0 Å². The molecule has 4 N–H and O–H groups in total. The van der Waals surface area contributed by atoms with Crippen molar-refractivity contribution in [3.63, 3.8) is 0 Å². The molecule has 0 saturated carbocycles. The third kappa shape index (κ3) is 6.87. The van der Waals surface area contributed by atoms with Crippen molar-refractivity contribution >= 4 is 33.7 Å². The Morgan fingerprint density at radius 3 is 2.78 bits per heavy atom. The average Bonchev–Trinajstić information content (AvgIpc) is 3.88. The first-order valence-electron chi connectivity index (χ1n) is 17.0. The third-order valence-corrected chi connectivity index (χ3v) is 9.50. The molecule has 49 heavy (non-hydrogen) atoms. The summed E-state index contributed by atoms with van der Waals surface area (Å²) in [5, 5.41) is 14.9. The number of H-pyrrole nitrogens is 2. The van der Waals surface area contributed by atoms with Crippen LogP contribution in [0.1, 0.15) is 32.1 Å². The summed E-state index contributed by atoms with van der Waals surface area (Å²) in [6.07, 6.45) is 10.1. The quantitative estimate of drug-likeness (QED) is 0.137. The van der Waals surface area contributed by atoms with E-state index in [1.807, 2.05) is 36.4 Å². The molecule has 1 amide bonds. The predicted octanol–water partition coefficient (Wildman–Crippen LogP) is 6.17. The van der Waals surface area contributed by atoms with Gasteiger partial charge in [0.25, 0.3) is 0 Å². The number of hydrogen-bond acceptors (Lipinski definition) is 8. The second kappa shape index (κ2) is 13.7. The number of nitrogens with one attached hydrogen (secondary N) is 4. The smallest absolute Gasteiger partial charge is 0.224 e. The Balaban J connectivity index is 1.05. The molecule has 6 aromatic rings. The highest BCUT2D eigenvalue weighted by Crippen LogP contribution is 2.35. The summed E-state index contributed by atoms with van der Waals surface area (Å²) in [5.41, 5.74) is 7.09. The zero-order chi connectivity index (χ0) is 33.2. The van der Waals surface area contributed by atoms with Gasteiger partial charge in [-0.3, -0.25) is 19.8 Å². The number of rotatable bonds is 10. The van der Waals surface area contributed by atoms with Gasteiger partial charge in [-0.1, -0.05) is 0 Å². The first kappa shape index (κ1) is 31.1. The van der Waals surface area contributed by atoms with Crippen molar-refractivity contribution in [3.05, 3.63) is 72.9 Å². The lowest BCUT2D eigenvalue weighted by molar-refractivity contribution is -0.117. The number of ether oxygens (including phenoxy) is 1. The molecule has 5 aromatic heterocycles. The van der Waals surface area contributed by atoms with Gasteiger partial charge in [0.15, 0.2) is 0 Å². The predicted molar refractivity (Wildman–Crippen MR) is 188 cm³/mol. The topological polar surface area (TPSA) is 137 Å². The highest BCUT2D eigenvalue weighted by molar-refractivity contribution is 5.99. The first-order chi connectivity index (χ1) is 24.1. The van der Waals surface area contributed by atoms with Crippen molar-refractivity contribution in [3.8, 4) is 39.5 Å². The van der Waals surface area contributed by atoms with Gasteiger partial charge in [-0.05, 0) is 111 Å². The second-order valence-corrected chi connectivity index (χ2v) is 12.9. The van der Waals surface area contributed by atoms with Gasteiger partial charge in [0.05, 0.1) is 28.8 Å². The van der Waals surface area contributed by atoms with Crippen molar-refractivity contribution < 1.29 is 13.9 Å². The molecule has 12 heteroatoms. The molecule has 2 aliphatic heterocycles. The third-order valence-electron chi connectivity index (χ3n) is 9.50. The molecule has 1 aromatic carbocycles. The van der Waals surface area contributed by atoms with Gasteiger partial charge in [0, 0.05) is 42.4 Å². The largest absolute Gasteiger partial charge is 0.492 e. The summed E-state index contributed by atoms with van der Waals surface area (Å²) in [6.45, 7) is 5.44. The van der Waals surface area contributed by atoms with Crippen LogP contribution in [0, 0.1) is 11.7 Å². The fourth-order valence-electron chi connectivity index (χ4n) is 6.96. The molecule has 0 aliphatic carbocycles. The summed E-state index contributed by atoms with van der Waals surface area (Å²) < 4.78 is 20.8. The Hall–Kier alpha value is -5.20. The van der Waals surface area contributed by atoms with Gasteiger partial charge in [0.1, 0.15) is 35.0 Å². The van der Waals surface area contributed by atoms with E-state index in [2.05, 4.69) is 40.7 Å². The number of carbonyl (C=O) groups is 1. The molecule has 2 aliphatic rings. The second-order valence-electron chi connectivity index (χ2n) is 12.9. The van der Waals surface area contributed by atoms with Crippen molar-refractivity contribution in [1.82, 2.24) is 40.3 Å². The van der Waals surface area contributed by atoms with Gasteiger partial charge in [0.2, 0.25) is 5.91 Å². The number of hydrogen-bond donors (Lipinski definition) is 4. The lowest BCUT2D eigenvalue weighted by atomic mass is 9.94. The highest BCUT2D eigenvalue weighted by atomic mass is 19.1. The minimum Gasteiger partial charge on any atom is -0.492 e. The van der Waals surface area contributed by atoms with Gasteiger partial charge in [-0.25, -0.2) is 14.4 Å². The van der Waals surface area contributed by atoms with Gasteiger partial charge < -0.3 is 20.4 Å². The Kier molecular flexibility index (Phi) is 8.71. The molecule has 8 rings (SSSR count). The number of fused-ring (bicyclic) bond motifs is 2.